The van der Waals surface area contributed by atoms with E-state index in [1.807, 2.05) is 0 Å². The van der Waals surface area contributed by atoms with E-state index in [0.29, 0.717) is 5.92 Å². The normalized spacial score (nSPS) is 17.9. The quantitative estimate of drug-likeness (QED) is 0.629. The minimum Gasteiger partial charge on any atom is -0.377 e. The number of ketones is 1. The van der Waals surface area contributed by atoms with Crippen molar-refractivity contribution in [3.05, 3.63) is 0 Å². The molecule has 0 N–H and O–H groups in total. The van der Waals surface area contributed by atoms with Crippen molar-refractivity contribution in [1.29, 1.82) is 0 Å². The van der Waals surface area contributed by atoms with E-state index in [1.54, 1.807) is 0 Å². The molecule has 0 bridgehead atoms. The summed E-state index contributed by atoms with van der Waals surface area (Å²) in [6.07, 6.45) is 5.16. The summed E-state index contributed by atoms with van der Waals surface area (Å²) in [5.74, 6) is 0.718. The summed E-state index contributed by atoms with van der Waals surface area (Å²) in [7, 11) is 1.52. The molecular weight excluding hydrogens is 168 g/mol. The highest BCUT2D eigenvalue weighted by Gasteiger charge is 2.15. The van der Waals surface area contributed by atoms with Gasteiger partial charge in [-0.2, -0.15) is 0 Å². The number of Topliss-reactive ketones (excluding diaryl/α,β-unsaturated/α-hetero) is 1. The molecule has 13 heavy (non-hydrogen) atoms. The maximum atomic E-state index is 11.0. The lowest BCUT2D eigenvalue weighted by Crippen LogP contribution is -2.16. The number of ether oxygens (including phenoxy) is 2. The topological polar surface area (TPSA) is 35.5 Å². The number of methoxy groups -OCH3 is 1. The number of carbonyl (C=O) groups is 1. The van der Waals surface area contributed by atoms with Gasteiger partial charge in [-0.15, -0.1) is 0 Å². The molecule has 3 heteroatoms. The molecule has 0 unspecified atom stereocenters. The second-order valence-corrected chi connectivity index (χ2v) is 3.64. The van der Waals surface area contributed by atoms with Gasteiger partial charge in [-0.1, -0.05) is 12.8 Å². The summed E-state index contributed by atoms with van der Waals surface area (Å²) >= 11 is 0. The molecule has 1 rings (SSSR count). The highest BCUT2D eigenvalue weighted by atomic mass is 16.5. The van der Waals surface area contributed by atoms with Crippen LogP contribution in [0.2, 0.25) is 0 Å². The number of hydrogen-bond acceptors (Lipinski definition) is 3. The van der Waals surface area contributed by atoms with Crippen LogP contribution >= 0.6 is 0 Å². The molecule has 0 saturated heterocycles. The van der Waals surface area contributed by atoms with Crippen LogP contribution in [0.3, 0.4) is 0 Å². The van der Waals surface area contributed by atoms with E-state index in [4.69, 9.17) is 9.47 Å². The lowest BCUT2D eigenvalue weighted by Gasteiger charge is -2.08. The lowest BCUT2D eigenvalue weighted by molar-refractivity contribution is -0.127. The molecule has 1 aliphatic carbocycles. The second-order valence-electron chi connectivity index (χ2n) is 3.64. The van der Waals surface area contributed by atoms with Crippen LogP contribution in [0.1, 0.15) is 25.7 Å². The van der Waals surface area contributed by atoms with Gasteiger partial charge in [-0.3, -0.25) is 4.79 Å². The van der Waals surface area contributed by atoms with Gasteiger partial charge < -0.3 is 9.47 Å². The Morgan fingerprint density at radius 1 is 1.31 bits per heavy atom. The number of rotatable bonds is 6. The monoisotopic (exact) mass is 186 g/mol. The summed E-state index contributed by atoms with van der Waals surface area (Å²) in [5.41, 5.74) is 0. The first-order valence-electron chi connectivity index (χ1n) is 4.91. The third-order valence-electron chi connectivity index (χ3n) is 2.40. The van der Waals surface area contributed by atoms with E-state index in [9.17, 15) is 4.79 Å². The van der Waals surface area contributed by atoms with Gasteiger partial charge in [0.15, 0.2) is 5.78 Å². The highest BCUT2D eigenvalue weighted by molar-refractivity contribution is 5.80. The van der Waals surface area contributed by atoms with E-state index in [0.717, 1.165) is 6.61 Å². The lowest BCUT2D eigenvalue weighted by atomic mass is 10.1. The van der Waals surface area contributed by atoms with E-state index < -0.39 is 0 Å². The van der Waals surface area contributed by atoms with Gasteiger partial charge in [-0.25, -0.2) is 0 Å². The van der Waals surface area contributed by atoms with E-state index in [1.165, 1.54) is 32.8 Å². The van der Waals surface area contributed by atoms with Gasteiger partial charge in [-0.05, 0) is 18.8 Å². The van der Waals surface area contributed by atoms with Crippen molar-refractivity contribution in [2.24, 2.45) is 5.92 Å². The largest absolute Gasteiger partial charge is 0.377 e. The maximum absolute atomic E-state index is 11.0. The average Bonchev–Trinajstić information content (AvgIpc) is 2.57. The first-order chi connectivity index (χ1) is 6.33. The van der Waals surface area contributed by atoms with Crippen LogP contribution in [0.4, 0.5) is 0 Å². The molecule has 0 aromatic rings. The fraction of sp³-hybridized carbons (Fsp3) is 0.900. The van der Waals surface area contributed by atoms with Crippen molar-refractivity contribution < 1.29 is 14.3 Å². The predicted octanol–water partition coefficient (Wildman–Crippen LogP) is 1.41. The first kappa shape index (κ1) is 10.7. The van der Waals surface area contributed by atoms with Crippen molar-refractivity contribution in [2.45, 2.75) is 25.7 Å². The molecule has 0 aliphatic heterocycles. The SMILES string of the molecule is COCC(=O)COCC1CCCC1. The second kappa shape index (κ2) is 6.11. The maximum Gasteiger partial charge on any atom is 0.183 e. The smallest absolute Gasteiger partial charge is 0.183 e. The minimum absolute atomic E-state index is 0.0282. The molecule has 1 fully saturated rings. The Labute approximate surface area is 79.4 Å². The highest BCUT2D eigenvalue weighted by Crippen LogP contribution is 2.24. The molecule has 0 radical (unpaired) electrons. The van der Waals surface area contributed by atoms with Crippen molar-refractivity contribution in [2.75, 3.05) is 26.9 Å². The summed E-state index contributed by atoms with van der Waals surface area (Å²) in [4.78, 5) is 11.0. The standard InChI is InChI=1S/C10H18O3/c1-12-7-10(11)8-13-6-9-4-2-3-5-9/h9H,2-8H2,1H3. The molecule has 0 aromatic carbocycles. The van der Waals surface area contributed by atoms with Gasteiger partial charge >= 0.3 is 0 Å². The van der Waals surface area contributed by atoms with Gasteiger partial charge in [0.05, 0.1) is 0 Å². The van der Waals surface area contributed by atoms with E-state index >= 15 is 0 Å². The van der Waals surface area contributed by atoms with Crippen molar-refractivity contribution >= 4 is 5.78 Å². The third kappa shape index (κ3) is 4.39. The molecule has 0 atom stereocenters. The Kier molecular flexibility index (Phi) is 5.01. The van der Waals surface area contributed by atoms with Crippen LogP contribution in [0.25, 0.3) is 0 Å². The Balaban J connectivity index is 1.96. The zero-order chi connectivity index (χ0) is 9.52. The zero-order valence-electron chi connectivity index (χ0n) is 8.25. The van der Waals surface area contributed by atoms with Crippen molar-refractivity contribution in [1.82, 2.24) is 0 Å². The summed E-state index contributed by atoms with van der Waals surface area (Å²) < 4.78 is 10.00. The fourth-order valence-electron chi connectivity index (χ4n) is 1.72. The van der Waals surface area contributed by atoms with Gasteiger partial charge in [0, 0.05) is 13.7 Å². The van der Waals surface area contributed by atoms with Crippen molar-refractivity contribution in [3.8, 4) is 0 Å². The fourth-order valence-corrected chi connectivity index (χ4v) is 1.72. The van der Waals surface area contributed by atoms with E-state index in [-0.39, 0.29) is 19.0 Å². The van der Waals surface area contributed by atoms with Crippen LogP contribution in [-0.4, -0.2) is 32.7 Å². The molecule has 1 aliphatic rings. The van der Waals surface area contributed by atoms with E-state index in [2.05, 4.69) is 0 Å². The summed E-state index contributed by atoms with van der Waals surface area (Å²) in [6.45, 7) is 1.13. The Bertz CT molecular complexity index is 150. The molecular formula is C10H18O3. The summed E-state index contributed by atoms with van der Waals surface area (Å²) in [6, 6.07) is 0. The zero-order valence-corrected chi connectivity index (χ0v) is 8.25. The minimum atomic E-state index is 0.0282. The van der Waals surface area contributed by atoms with Crippen LogP contribution in [0.5, 0.6) is 0 Å². The third-order valence-corrected chi connectivity index (χ3v) is 2.40. The number of carbonyl (C=O) groups excluding carboxylic acids is 1. The van der Waals surface area contributed by atoms with Gasteiger partial charge in [0.1, 0.15) is 13.2 Å². The molecule has 1 saturated carbocycles. The number of hydrogen-bond donors (Lipinski definition) is 0. The Hall–Kier alpha value is -0.410. The van der Waals surface area contributed by atoms with Gasteiger partial charge in [0.25, 0.3) is 0 Å². The van der Waals surface area contributed by atoms with Crippen LogP contribution in [-0.2, 0) is 14.3 Å². The molecule has 0 heterocycles. The van der Waals surface area contributed by atoms with Crippen molar-refractivity contribution in [3.63, 3.8) is 0 Å². The molecule has 0 aromatic heterocycles. The molecule has 0 amide bonds. The molecule has 3 nitrogen and oxygen atoms in total. The first-order valence-corrected chi connectivity index (χ1v) is 4.91. The van der Waals surface area contributed by atoms with Crippen LogP contribution in [0.15, 0.2) is 0 Å². The Morgan fingerprint density at radius 3 is 2.62 bits per heavy atom. The molecule has 0 spiro atoms. The van der Waals surface area contributed by atoms with Gasteiger partial charge in [0.2, 0.25) is 0 Å². The van der Waals surface area contributed by atoms with Crippen LogP contribution in [0, 0.1) is 5.92 Å². The van der Waals surface area contributed by atoms with Crippen LogP contribution < -0.4 is 0 Å². The Morgan fingerprint density at radius 2 is 2.00 bits per heavy atom. The molecule has 76 valence electrons. The summed E-state index contributed by atoms with van der Waals surface area (Å²) in [5, 5.41) is 0. The average molecular weight is 186 g/mol. The predicted molar refractivity (Wildman–Crippen MR) is 49.7 cm³/mol.